The first kappa shape index (κ1) is 33.7. The fraction of sp³-hybridized carbons (Fsp3) is 0.719. The molecule has 0 unspecified atom stereocenters. The second-order valence-corrected chi connectivity index (χ2v) is 11.6. The highest BCUT2D eigenvalue weighted by Gasteiger charge is 2.24. The van der Waals surface area contributed by atoms with E-state index in [1.165, 1.54) is 90.6 Å². The van der Waals surface area contributed by atoms with Crippen molar-refractivity contribution in [3.8, 4) is 5.75 Å². The summed E-state index contributed by atoms with van der Waals surface area (Å²) in [5.41, 5.74) is 0.447. The SMILES string of the molecule is CCCCCCCCCCCCCCCCCC(=O)Nc1ccc(OC)c(NC(=O)CC(=O)C(C)(C)C)c1. The minimum absolute atomic E-state index is 0.0370. The molecule has 216 valence electrons. The van der Waals surface area contributed by atoms with Crippen LogP contribution >= 0.6 is 0 Å². The lowest BCUT2D eigenvalue weighted by Gasteiger charge is -2.17. The lowest BCUT2D eigenvalue weighted by atomic mass is 9.89. The number of unbranched alkanes of at least 4 members (excludes halogenated alkanes) is 14. The largest absolute Gasteiger partial charge is 0.495 e. The van der Waals surface area contributed by atoms with Crippen LogP contribution in [-0.2, 0) is 14.4 Å². The molecule has 6 nitrogen and oxygen atoms in total. The molecule has 1 rings (SSSR count). The average molecular weight is 531 g/mol. The van der Waals surface area contributed by atoms with E-state index in [2.05, 4.69) is 17.6 Å². The van der Waals surface area contributed by atoms with Gasteiger partial charge in [-0.25, -0.2) is 0 Å². The Morgan fingerprint density at radius 3 is 1.68 bits per heavy atom. The number of amides is 2. The molecule has 0 atom stereocenters. The Morgan fingerprint density at radius 2 is 1.21 bits per heavy atom. The molecule has 0 saturated heterocycles. The van der Waals surface area contributed by atoms with Gasteiger partial charge in [-0.1, -0.05) is 118 Å². The standard InChI is InChI=1S/C32H54N2O4/c1-6-7-8-9-10-11-12-13-14-15-16-17-18-19-20-21-30(36)33-26-22-23-28(38-5)27(24-26)34-31(37)25-29(35)32(2,3)4/h22-24H,6-21,25H2,1-5H3,(H,33,36)(H,34,37). The lowest BCUT2D eigenvalue weighted by molar-refractivity contribution is -0.130. The van der Waals surface area contributed by atoms with Crippen molar-refractivity contribution in [2.45, 2.75) is 137 Å². The Kier molecular flexibility index (Phi) is 17.4. The summed E-state index contributed by atoms with van der Waals surface area (Å²) < 4.78 is 5.33. The molecule has 0 aliphatic rings. The molecule has 38 heavy (non-hydrogen) atoms. The molecule has 0 bridgehead atoms. The number of nitrogens with one attached hydrogen (secondary N) is 2. The number of carbonyl (C=O) groups is 3. The number of Topliss-reactive ketones (excluding diaryl/α,β-unsaturated/α-hetero) is 1. The number of ether oxygens (including phenoxy) is 1. The average Bonchev–Trinajstić information content (AvgIpc) is 2.86. The second-order valence-electron chi connectivity index (χ2n) is 11.6. The summed E-state index contributed by atoms with van der Waals surface area (Å²) in [6, 6.07) is 5.12. The van der Waals surface area contributed by atoms with Gasteiger partial charge in [-0.15, -0.1) is 0 Å². The Bertz CT molecular complexity index is 829. The molecule has 0 spiro atoms. The summed E-state index contributed by atoms with van der Waals surface area (Å²) in [5, 5.41) is 5.65. The molecule has 1 aromatic carbocycles. The van der Waals surface area contributed by atoms with Crippen molar-refractivity contribution < 1.29 is 19.1 Å². The van der Waals surface area contributed by atoms with E-state index < -0.39 is 11.3 Å². The van der Waals surface area contributed by atoms with Gasteiger partial charge in [-0.2, -0.15) is 0 Å². The van der Waals surface area contributed by atoms with E-state index in [4.69, 9.17) is 4.74 Å². The van der Waals surface area contributed by atoms with Crippen LogP contribution in [0.25, 0.3) is 0 Å². The van der Waals surface area contributed by atoms with Gasteiger partial charge in [0.2, 0.25) is 11.8 Å². The van der Waals surface area contributed by atoms with E-state index in [-0.39, 0.29) is 18.1 Å². The van der Waals surface area contributed by atoms with Crippen molar-refractivity contribution in [2.24, 2.45) is 5.41 Å². The van der Waals surface area contributed by atoms with Crippen LogP contribution < -0.4 is 15.4 Å². The third kappa shape index (κ3) is 15.8. The van der Waals surface area contributed by atoms with E-state index >= 15 is 0 Å². The summed E-state index contributed by atoms with van der Waals surface area (Å²) >= 11 is 0. The number of hydrogen-bond acceptors (Lipinski definition) is 4. The van der Waals surface area contributed by atoms with Crippen LogP contribution in [-0.4, -0.2) is 24.7 Å². The first-order valence-corrected chi connectivity index (χ1v) is 15.0. The summed E-state index contributed by atoms with van der Waals surface area (Å²) in [5.74, 6) is -0.0987. The van der Waals surface area contributed by atoms with Gasteiger partial charge in [0.1, 0.15) is 11.5 Å². The van der Waals surface area contributed by atoms with Crippen molar-refractivity contribution in [2.75, 3.05) is 17.7 Å². The summed E-state index contributed by atoms with van der Waals surface area (Å²) in [6.45, 7) is 7.64. The topological polar surface area (TPSA) is 84.5 Å². The van der Waals surface area contributed by atoms with Gasteiger partial charge in [-0.3, -0.25) is 14.4 Å². The molecular weight excluding hydrogens is 476 g/mol. The first-order chi connectivity index (χ1) is 18.2. The molecule has 0 aliphatic carbocycles. The molecule has 0 radical (unpaired) electrons. The Hall–Kier alpha value is -2.37. The molecule has 1 aromatic rings. The normalized spacial score (nSPS) is 11.3. The Balaban J connectivity index is 2.22. The zero-order valence-electron chi connectivity index (χ0n) is 24.9. The van der Waals surface area contributed by atoms with Crippen LogP contribution in [0, 0.1) is 5.41 Å². The maximum absolute atomic E-state index is 12.4. The van der Waals surface area contributed by atoms with Crippen molar-refractivity contribution in [3.63, 3.8) is 0 Å². The third-order valence-corrected chi connectivity index (χ3v) is 6.92. The molecule has 0 aromatic heterocycles. The number of benzene rings is 1. The zero-order chi connectivity index (χ0) is 28.2. The van der Waals surface area contributed by atoms with Gasteiger partial charge < -0.3 is 15.4 Å². The van der Waals surface area contributed by atoms with E-state index in [9.17, 15) is 14.4 Å². The van der Waals surface area contributed by atoms with Gasteiger partial charge in [0.25, 0.3) is 0 Å². The Labute approximate surface area is 232 Å². The minimum atomic E-state index is -0.579. The van der Waals surface area contributed by atoms with Gasteiger partial charge in [0, 0.05) is 17.5 Å². The predicted octanol–water partition coefficient (Wildman–Crippen LogP) is 8.84. The third-order valence-electron chi connectivity index (χ3n) is 6.92. The summed E-state index contributed by atoms with van der Waals surface area (Å²) in [4.78, 5) is 36.9. The van der Waals surface area contributed by atoms with Crippen LogP contribution in [0.3, 0.4) is 0 Å². The van der Waals surface area contributed by atoms with E-state index in [1.807, 2.05) is 0 Å². The minimum Gasteiger partial charge on any atom is -0.495 e. The zero-order valence-corrected chi connectivity index (χ0v) is 24.9. The smallest absolute Gasteiger partial charge is 0.231 e. The number of ketones is 1. The van der Waals surface area contributed by atoms with E-state index in [0.717, 1.165) is 12.8 Å². The van der Waals surface area contributed by atoms with E-state index in [1.54, 1.807) is 39.0 Å². The molecule has 6 heteroatoms. The molecule has 0 heterocycles. The van der Waals surface area contributed by atoms with Crippen molar-refractivity contribution in [1.82, 2.24) is 0 Å². The molecule has 2 amide bonds. The summed E-state index contributed by atoms with van der Waals surface area (Å²) in [6.07, 6.45) is 19.7. The van der Waals surface area contributed by atoms with Crippen LogP contribution in [0.1, 0.15) is 137 Å². The molecule has 0 aliphatic heterocycles. The molecule has 0 saturated carbocycles. The number of carbonyl (C=O) groups excluding carboxylic acids is 3. The highest BCUT2D eigenvalue weighted by atomic mass is 16.5. The van der Waals surface area contributed by atoms with Crippen LogP contribution in [0.2, 0.25) is 0 Å². The maximum atomic E-state index is 12.4. The Morgan fingerprint density at radius 1 is 0.711 bits per heavy atom. The quantitative estimate of drug-likeness (QED) is 0.123. The van der Waals surface area contributed by atoms with Gasteiger partial charge in [0.15, 0.2) is 0 Å². The molecule has 2 N–H and O–H groups in total. The van der Waals surface area contributed by atoms with Crippen molar-refractivity contribution in [3.05, 3.63) is 18.2 Å². The van der Waals surface area contributed by atoms with Gasteiger partial charge in [-0.05, 0) is 24.6 Å². The molecule has 0 fully saturated rings. The maximum Gasteiger partial charge on any atom is 0.231 e. The van der Waals surface area contributed by atoms with Crippen LogP contribution in [0.4, 0.5) is 11.4 Å². The first-order valence-electron chi connectivity index (χ1n) is 15.0. The van der Waals surface area contributed by atoms with Crippen molar-refractivity contribution >= 4 is 29.0 Å². The second kappa shape index (κ2) is 19.7. The monoisotopic (exact) mass is 530 g/mol. The number of rotatable bonds is 21. The van der Waals surface area contributed by atoms with Crippen LogP contribution in [0.15, 0.2) is 18.2 Å². The predicted molar refractivity (Wildman–Crippen MR) is 159 cm³/mol. The summed E-state index contributed by atoms with van der Waals surface area (Å²) in [7, 11) is 1.51. The fourth-order valence-corrected chi connectivity index (χ4v) is 4.37. The highest BCUT2D eigenvalue weighted by molar-refractivity contribution is 6.06. The number of methoxy groups -OCH3 is 1. The number of anilines is 2. The van der Waals surface area contributed by atoms with Gasteiger partial charge in [0.05, 0.1) is 19.2 Å². The van der Waals surface area contributed by atoms with E-state index in [0.29, 0.717) is 23.5 Å². The highest BCUT2D eigenvalue weighted by Crippen LogP contribution is 2.28. The van der Waals surface area contributed by atoms with Crippen molar-refractivity contribution in [1.29, 1.82) is 0 Å². The number of hydrogen-bond donors (Lipinski definition) is 2. The lowest BCUT2D eigenvalue weighted by Crippen LogP contribution is -2.26. The van der Waals surface area contributed by atoms with Crippen LogP contribution in [0.5, 0.6) is 5.75 Å². The molecular formula is C32H54N2O4. The van der Waals surface area contributed by atoms with Gasteiger partial charge >= 0.3 is 0 Å². The fourth-order valence-electron chi connectivity index (χ4n) is 4.37.